The van der Waals surface area contributed by atoms with Gasteiger partial charge in [0.1, 0.15) is 5.82 Å². The van der Waals surface area contributed by atoms with E-state index in [1.54, 1.807) is 0 Å². The van der Waals surface area contributed by atoms with E-state index in [2.05, 4.69) is 4.98 Å². The van der Waals surface area contributed by atoms with Gasteiger partial charge in [-0.1, -0.05) is 12.1 Å². The summed E-state index contributed by atoms with van der Waals surface area (Å²) < 4.78 is 87.1. The number of sulfone groups is 1. The number of rotatable bonds is 4. The molecule has 1 aromatic heterocycles. The summed E-state index contributed by atoms with van der Waals surface area (Å²) in [7, 11) is -7.57. The van der Waals surface area contributed by atoms with Crippen LogP contribution in [0.1, 0.15) is 5.69 Å². The zero-order chi connectivity index (χ0) is 21.6. The third kappa shape index (κ3) is 4.49. The minimum absolute atomic E-state index is 0.00446. The maximum Gasteiger partial charge on any atom is 0.434 e. The number of benzene rings is 2. The van der Waals surface area contributed by atoms with Crippen LogP contribution in [0.15, 0.2) is 64.5 Å². The predicted octanol–water partition coefficient (Wildman–Crippen LogP) is 2.61. The number of halogens is 3. The van der Waals surface area contributed by atoms with Crippen molar-refractivity contribution in [1.82, 2.24) is 9.55 Å². The molecular weight excluding hydrogens is 431 g/mol. The molecule has 2 N–H and O–H groups in total. The smallest absolute Gasteiger partial charge is 0.299 e. The molecule has 0 fully saturated rings. The van der Waals surface area contributed by atoms with E-state index < -0.39 is 31.7 Å². The molecule has 1 heterocycles. The van der Waals surface area contributed by atoms with Crippen LogP contribution in [0.5, 0.6) is 0 Å². The molecule has 0 atom stereocenters. The molecule has 0 saturated heterocycles. The highest BCUT2D eigenvalue weighted by atomic mass is 32.2. The van der Waals surface area contributed by atoms with Gasteiger partial charge in [-0.05, 0) is 36.4 Å². The number of primary sulfonamides is 1. The summed E-state index contributed by atoms with van der Waals surface area (Å²) in [6, 6.07) is 10.2. The molecule has 154 valence electrons. The van der Waals surface area contributed by atoms with Gasteiger partial charge in [0.2, 0.25) is 10.0 Å². The average molecular weight is 445 g/mol. The number of nitrogens with two attached hydrogens (primary N) is 1. The Hall–Kier alpha value is -2.70. The number of alkyl halides is 3. The number of hydrogen-bond acceptors (Lipinski definition) is 5. The maximum atomic E-state index is 13.2. The molecule has 7 nitrogen and oxygen atoms in total. The van der Waals surface area contributed by atoms with Gasteiger partial charge in [-0.3, -0.25) is 4.57 Å². The van der Waals surface area contributed by atoms with Crippen LogP contribution < -0.4 is 5.14 Å². The van der Waals surface area contributed by atoms with E-state index >= 15 is 0 Å². The van der Waals surface area contributed by atoms with Crippen LogP contribution in [-0.4, -0.2) is 32.6 Å². The molecular formula is C17H14F3N3O4S2. The van der Waals surface area contributed by atoms with Gasteiger partial charge >= 0.3 is 6.18 Å². The van der Waals surface area contributed by atoms with Gasteiger partial charge < -0.3 is 0 Å². The Bertz CT molecular complexity index is 1280. The van der Waals surface area contributed by atoms with Crippen molar-refractivity contribution >= 4 is 19.9 Å². The fourth-order valence-corrected chi connectivity index (χ4v) is 3.77. The van der Waals surface area contributed by atoms with E-state index in [9.17, 15) is 30.0 Å². The highest BCUT2D eigenvalue weighted by molar-refractivity contribution is 7.90. The summed E-state index contributed by atoms with van der Waals surface area (Å²) >= 11 is 0. The van der Waals surface area contributed by atoms with Crippen LogP contribution in [0.3, 0.4) is 0 Å². The molecule has 0 radical (unpaired) electrons. The topological polar surface area (TPSA) is 112 Å². The fraction of sp³-hybridized carbons (Fsp3) is 0.118. The highest BCUT2D eigenvalue weighted by Crippen LogP contribution is 2.33. The summed E-state index contributed by atoms with van der Waals surface area (Å²) in [5.41, 5.74) is -0.906. The zero-order valence-electron chi connectivity index (χ0n) is 14.8. The Balaban J connectivity index is 2.22. The van der Waals surface area contributed by atoms with Crippen molar-refractivity contribution in [3.05, 3.63) is 60.4 Å². The molecule has 0 aliphatic carbocycles. The van der Waals surface area contributed by atoms with Crippen molar-refractivity contribution in [3.8, 4) is 17.1 Å². The van der Waals surface area contributed by atoms with Gasteiger partial charge in [0, 0.05) is 23.7 Å². The molecule has 0 unspecified atom stereocenters. The SMILES string of the molecule is CS(=O)(=O)c1ccc(-n2cc(C(F)(F)F)nc2-c2cccc(S(N)(=O)=O)c2)cc1. The van der Waals surface area contributed by atoms with Gasteiger partial charge in [-0.25, -0.2) is 27.0 Å². The summed E-state index contributed by atoms with van der Waals surface area (Å²) in [6.07, 6.45) is -3.00. The van der Waals surface area contributed by atoms with Gasteiger partial charge in [0.05, 0.1) is 9.79 Å². The van der Waals surface area contributed by atoms with E-state index in [0.29, 0.717) is 0 Å². The summed E-state index contributed by atoms with van der Waals surface area (Å²) in [4.78, 5) is 3.32. The lowest BCUT2D eigenvalue weighted by Crippen LogP contribution is -2.12. The van der Waals surface area contributed by atoms with Crippen molar-refractivity contribution in [2.24, 2.45) is 5.14 Å². The monoisotopic (exact) mass is 445 g/mol. The Morgan fingerprint density at radius 1 is 0.966 bits per heavy atom. The Morgan fingerprint density at radius 2 is 1.59 bits per heavy atom. The minimum Gasteiger partial charge on any atom is -0.299 e. The van der Waals surface area contributed by atoms with E-state index in [-0.39, 0.29) is 26.9 Å². The Labute approximate surface area is 164 Å². The quantitative estimate of drug-likeness (QED) is 0.664. The lowest BCUT2D eigenvalue weighted by molar-refractivity contribution is -0.140. The van der Waals surface area contributed by atoms with Crippen LogP contribution in [0.2, 0.25) is 0 Å². The molecule has 29 heavy (non-hydrogen) atoms. The molecule has 12 heteroatoms. The third-order valence-electron chi connectivity index (χ3n) is 3.96. The second kappa shape index (κ2) is 6.97. The maximum absolute atomic E-state index is 13.2. The summed E-state index contributed by atoms with van der Waals surface area (Å²) in [5.74, 6) is -0.185. The number of aromatic nitrogens is 2. The largest absolute Gasteiger partial charge is 0.434 e. The Morgan fingerprint density at radius 3 is 2.10 bits per heavy atom. The lowest BCUT2D eigenvalue weighted by atomic mass is 10.2. The van der Waals surface area contributed by atoms with Gasteiger partial charge in [-0.15, -0.1) is 0 Å². The second-order valence-electron chi connectivity index (χ2n) is 6.16. The first-order valence-corrected chi connectivity index (χ1v) is 11.3. The molecule has 0 saturated carbocycles. The normalized spacial score (nSPS) is 12.9. The van der Waals surface area contributed by atoms with Crippen LogP contribution in [0.25, 0.3) is 17.1 Å². The molecule has 3 aromatic rings. The number of hydrogen-bond donors (Lipinski definition) is 1. The van der Waals surface area contributed by atoms with Crippen molar-refractivity contribution in [3.63, 3.8) is 0 Å². The minimum atomic E-state index is -4.75. The number of imidazole rings is 1. The molecule has 2 aromatic carbocycles. The number of sulfonamides is 1. The molecule has 0 amide bonds. The van der Waals surface area contributed by atoms with Crippen LogP contribution >= 0.6 is 0 Å². The zero-order valence-corrected chi connectivity index (χ0v) is 16.4. The van der Waals surface area contributed by atoms with Crippen molar-refractivity contribution < 1.29 is 30.0 Å². The standard InChI is InChI=1S/C17H14F3N3O4S2/c1-28(24,25)13-7-5-12(6-8-13)23-10-15(17(18,19)20)22-16(23)11-3-2-4-14(9-11)29(21,26)27/h2-10H,1H3,(H2,21,26,27). The molecule has 0 bridgehead atoms. The van der Waals surface area contributed by atoms with Crippen LogP contribution in [0.4, 0.5) is 13.2 Å². The van der Waals surface area contributed by atoms with Gasteiger partial charge in [0.25, 0.3) is 0 Å². The molecule has 0 spiro atoms. The van der Waals surface area contributed by atoms with E-state index in [1.807, 2.05) is 0 Å². The predicted molar refractivity (Wildman–Crippen MR) is 98.5 cm³/mol. The van der Waals surface area contributed by atoms with E-state index in [0.717, 1.165) is 23.1 Å². The van der Waals surface area contributed by atoms with Crippen molar-refractivity contribution in [2.75, 3.05) is 6.26 Å². The first-order chi connectivity index (χ1) is 13.3. The van der Waals surface area contributed by atoms with Crippen LogP contribution in [0, 0.1) is 0 Å². The van der Waals surface area contributed by atoms with Crippen LogP contribution in [-0.2, 0) is 26.0 Å². The average Bonchev–Trinajstić information content (AvgIpc) is 3.06. The second-order valence-corrected chi connectivity index (χ2v) is 9.73. The first kappa shape index (κ1) is 21.0. The lowest BCUT2D eigenvalue weighted by Gasteiger charge is -2.09. The molecule has 3 rings (SSSR count). The first-order valence-electron chi connectivity index (χ1n) is 7.87. The van der Waals surface area contributed by atoms with Gasteiger partial charge in [-0.2, -0.15) is 13.2 Å². The van der Waals surface area contributed by atoms with Crippen molar-refractivity contribution in [2.45, 2.75) is 16.0 Å². The summed E-state index contributed by atoms with van der Waals surface area (Å²) in [6.45, 7) is 0. The fourth-order valence-electron chi connectivity index (χ4n) is 2.58. The van der Waals surface area contributed by atoms with Gasteiger partial charge in [0.15, 0.2) is 15.5 Å². The molecule has 0 aliphatic rings. The van der Waals surface area contributed by atoms with E-state index in [4.69, 9.17) is 5.14 Å². The number of nitrogens with zero attached hydrogens (tertiary/aromatic N) is 2. The summed E-state index contributed by atoms with van der Waals surface area (Å²) in [5, 5.41) is 5.09. The van der Waals surface area contributed by atoms with E-state index in [1.165, 1.54) is 42.5 Å². The van der Waals surface area contributed by atoms with Crippen molar-refractivity contribution in [1.29, 1.82) is 0 Å². The highest BCUT2D eigenvalue weighted by Gasteiger charge is 2.35. The molecule has 0 aliphatic heterocycles. The Kier molecular flexibility index (Phi) is 5.05. The third-order valence-corrected chi connectivity index (χ3v) is 6.00.